The number of hydrogen-bond acceptors (Lipinski definition) is 7. The lowest BCUT2D eigenvalue weighted by Crippen LogP contribution is -2.14. The van der Waals surface area contributed by atoms with E-state index in [-0.39, 0.29) is 5.69 Å². The molecule has 0 saturated heterocycles. The van der Waals surface area contributed by atoms with Crippen molar-refractivity contribution >= 4 is 29.1 Å². The lowest BCUT2D eigenvalue weighted by Gasteiger charge is -2.08. The van der Waals surface area contributed by atoms with Gasteiger partial charge in [0.25, 0.3) is 5.91 Å². The molecule has 138 valence electrons. The van der Waals surface area contributed by atoms with E-state index in [2.05, 4.69) is 25.3 Å². The summed E-state index contributed by atoms with van der Waals surface area (Å²) >= 11 is 0. The first-order valence-electron chi connectivity index (χ1n) is 8.18. The van der Waals surface area contributed by atoms with Crippen LogP contribution in [-0.2, 0) is 4.74 Å². The van der Waals surface area contributed by atoms with Crippen LogP contribution in [0.3, 0.4) is 0 Å². The molecule has 0 spiro atoms. The van der Waals surface area contributed by atoms with Gasteiger partial charge in [0.05, 0.1) is 24.3 Å². The van der Waals surface area contributed by atoms with Crippen LogP contribution in [0.25, 0.3) is 0 Å². The van der Waals surface area contributed by atoms with Crippen LogP contribution in [0.4, 0.5) is 17.2 Å². The molecule has 0 aliphatic carbocycles. The molecule has 1 aromatic heterocycles. The molecule has 3 rings (SSSR count). The van der Waals surface area contributed by atoms with Gasteiger partial charge in [-0.05, 0) is 48.5 Å². The number of amides is 1. The fraction of sp³-hybridized carbons (Fsp3) is 0.0500. The molecule has 0 saturated carbocycles. The number of nitrogens with zero attached hydrogens (tertiary/aromatic N) is 3. The molecular weight excluding hydrogens is 358 g/mol. The SMILES string of the molecule is COC(=O)c1ccc(Nc2cc(C(=O)Nc3ccc(C#N)cc3)ncn2)cc1. The van der Waals surface area contributed by atoms with Crippen LogP contribution in [0.15, 0.2) is 60.9 Å². The van der Waals surface area contributed by atoms with Crippen molar-refractivity contribution in [1.29, 1.82) is 5.26 Å². The van der Waals surface area contributed by atoms with Crippen molar-refractivity contribution in [3.63, 3.8) is 0 Å². The van der Waals surface area contributed by atoms with E-state index in [4.69, 9.17) is 5.26 Å². The van der Waals surface area contributed by atoms with Gasteiger partial charge >= 0.3 is 5.97 Å². The predicted octanol–water partition coefficient (Wildman–Crippen LogP) is 3.13. The molecule has 0 bridgehead atoms. The third-order valence-electron chi connectivity index (χ3n) is 3.75. The van der Waals surface area contributed by atoms with Crippen LogP contribution in [0.5, 0.6) is 0 Å². The zero-order valence-electron chi connectivity index (χ0n) is 14.8. The van der Waals surface area contributed by atoms with Crippen molar-refractivity contribution in [1.82, 2.24) is 9.97 Å². The number of nitriles is 1. The maximum atomic E-state index is 12.4. The summed E-state index contributed by atoms with van der Waals surface area (Å²) in [5, 5.41) is 14.6. The van der Waals surface area contributed by atoms with Crippen molar-refractivity contribution < 1.29 is 14.3 Å². The first-order chi connectivity index (χ1) is 13.6. The molecule has 0 aliphatic heterocycles. The molecule has 2 N–H and O–H groups in total. The molecule has 8 nitrogen and oxygen atoms in total. The fourth-order valence-corrected chi connectivity index (χ4v) is 2.33. The van der Waals surface area contributed by atoms with Crippen molar-refractivity contribution in [3.05, 3.63) is 77.7 Å². The van der Waals surface area contributed by atoms with E-state index in [0.29, 0.717) is 28.3 Å². The Hall–Kier alpha value is -4.25. The molecule has 8 heteroatoms. The van der Waals surface area contributed by atoms with Crippen molar-refractivity contribution in [2.45, 2.75) is 0 Å². The van der Waals surface area contributed by atoms with Gasteiger partial charge in [0.2, 0.25) is 0 Å². The van der Waals surface area contributed by atoms with Crippen molar-refractivity contribution in [2.75, 3.05) is 17.7 Å². The lowest BCUT2D eigenvalue weighted by molar-refractivity contribution is 0.0600. The normalized spacial score (nSPS) is 9.86. The summed E-state index contributed by atoms with van der Waals surface area (Å²) in [6, 6.07) is 16.7. The Labute approximate surface area is 160 Å². The minimum Gasteiger partial charge on any atom is -0.465 e. The Morgan fingerprint density at radius 2 is 1.68 bits per heavy atom. The Morgan fingerprint density at radius 1 is 1.00 bits per heavy atom. The first kappa shape index (κ1) is 18.5. The van der Waals surface area contributed by atoms with Crippen molar-refractivity contribution in [2.24, 2.45) is 0 Å². The summed E-state index contributed by atoms with van der Waals surface area (Å²) in [6.45, 7) is 0. The molecule has 28 heavy (non-hydrogen) atoms. The molecule has 2 aromatic carbocycles. The Kier molecular flexibility index (Phi) is 5.58. The summed E-state index contributed by atoms with van der Waals surface area (Å²) < 4.78 is 4.66. The average molecular weight is 373 g/mol. The molecule has 1 heterocycles. The van der Waals surface area contributed by atoms with Crippen LogP contribution in [0.2, 0.25) is 0 Å². The summed E-state index contributed by atoms with van der Waals surface area (Å²) in [7, 11) is 1.32. The van der Waals surface area contributed by atoms with Gasteiger partial charge in [0, 0.05) is 17.4 Å². The summed E-state index contributed by atoms with van der Waals surface area (Å²) in [5.41, 5.74) is 2.34. The number of anilines is 3. The summed E-state index contributed by atoms with van der Waals surface area (Å²) in [6.07, 6.45) is 1.28. The zero-order chi connectivity index (χ0) is 19.9. The monoisotopic (exact) mass is 373 g/mol. The fourth-order valence-electron chi connectivity index (χ4n) is 2.33. The van der Waals surface area contributed by atoms with Gasteiger partial charge in [-0.1, -0.05) is 0 Å². The number of methoxy groups -OCH3 is 1. The highest BCUT2D eigenvalue weighted by atomic mass is 16.5. The Bertz CT molecular complexity index is 1040. The highest BCUT2D eigenvalue weighted by molar-refractivity contribution is 6.03. The zero-order valence-corrected chi connectivity index (χ0v) is 14.8. The number of esters is 1. The average Bonchev–Trinajstić information content (AvgIpc) is 2.74. The number of carbonyl (C=O) groups excluding carboxylic acids is 2. The molecule has 0 aliphatic rings. The van der Waals surface area contributed by atoms with Crippen LogP contribution >= 0.6 is 0 Å². The van der Waals surface area contributed by atoms with E-state index in [9.17, 15) is 9.59 Å². The van der Waals surface area contributed by atoms with Gasteiger partial charge in [0.15, 0.2) is 0 Å². The third kappa shape index (κ3) is 4.47. The maximum Gasteiger partial charge on any atom is 0.337 e. The van der Waals surface area contributed by atoms with Gasteiger partial charge in [-0.2, -0.15) is 5.26 Å². The van der Waals surface area contributed by atoms with Crippen molar-refractivity contribution in [3.8, 4) is 6.07 Å². The molecule has 0 atom stereocenters. The van der Waals surface area contributed by atoms with Gasteiger partial charge < -0.3 is 15.4 Å². The number of hydrogen-bond donors (Lipinski definition) is 2. The molecule has 0 radical (unpaired) electrons. The summed E-state index contributed by atoms with van der Waals surface area (Å²) in [4.78, 5) is 31.9. The van der Waals surface area contributed by atoms with Crippen LogP contribution in [0.1, 0.15) is 26.4 Å². The topological polar surface area (TPSA) is 117 Å². The second-order valence-corrected chi connectivity index (χ2v) is 5.63. The van der Waals surface area contributed by atoms with Crippen LogP contribution in [0, 0.1) is 11.3 Å². The maximum absolute atomic E-state index is 12.4. The quantitative estimate of drug-likeness (QED) is 0.660. The molecule has 0 fully saturated rings. The van der Waals surface area contributed by atoms with Gasteiger partial charge in [-0.15, -0.1) is 0 Å². The highest BCUT2D eigenvalue weighted by Gasteiger charge is 2.10. The molecule has 0 unspecified atom stereocenters. The third-order valence-corrected chi connectivity index (χ3v) is 3.75. The molecule has 1 amide bonds. The second kappa shape index (κ2) is 8.42. The standard InChI is InChI=1S/C20H15N5O3/c1-28-20(27)14-4-8-15(9-5-14)24-18-10-17(22-12-23-18)19(26)25-16-6-2-13(11-21)3-7-16/h2-10,12H,1H3,(H,25,26)(H,22,23,24). The second-order valence-electron chi connectivity index (χ2n) is 5.63. The Morgan fingerprint density at radius 3 is 2.32 bits per heavy atom. The minimum atomic E-state index is -0.421. The molecule has 3 aromatic rings. The first-order valence-corrected chi connectivity index (χ1v) is 8.18. The number of aromatic nitrogens is 2. The van der Waals surface area contributed by atoms with Gasteiger partial charge in [-0.25, -0.2) is 14.8 Å². The Balaban J connectivity index is 1.70. The van der Waals surface area contributed by atoms with E-state index in [1.807, 2.05) is 6.07 Å². The lowest BCUT2D eigenvalue weighted by atomic mass is 10.2. The van der Waals surface area contributed by atoms with E-state index < -0.39 is 11.9 Å². The van der Waals surface area contributed by atoms with Crippen LogP contribution < -0.4 is 10.6 Å². The number of nitrogens with one attached hydrogen (secondary N) is 2. The minimum absolute atomic E-state index is 0.174. The van der Waals surface area contributed by atoms with E-state index in [1.165, 1.54) is 19.5 Å². The van der Waals surface area contributed by atoms with E-state index in [1.54, 1.807) is 48.5 Å². The van der Waals surface area contributed by atoms with Crippen LogP contribution in [-0.4, -0.2) is 29.0 Å². The highest BCUT2D eigenvalue weighted by Crippen LogP contribution is 2.17. The largest absolute Gasteiger partial charge is 0.465 e. The number of benzene rings is 2. The number of carbonyl (C=O) groups is 2. The van der Waals surface area contributed by atoms with Gasteiger partial charge in [-0.3, -0.25) is 4.79 Å². The predicted molar refractivity (Wildman–Crippen MR) is 102 cm³/mol. The number of rotatable bonds is 5. The van der Waals surface area contributed by atoms with E-state index >= 15 is 0 Å². The smallest absolute Gasteiger partial charge is 0.337 e. The summed E-state index contributed by atoms with van der Waals surface area (Å²) in [5.74, 6) is -0.405. The van der Waals surface area contributed by atoms with Gasteiger partial charge in [0.1, 0.15) is 17.8 Å². The van der Waals surface area contributed by atoms with E-state index in [0.717, 1.165) is 0 Å². The molecular formula is C20H15N5O3. The number of ether oxygens (including phenoxy) is 1.